The molecule has 0 aliphatic carbocycles. The number of rotatable bonds is 9. The molecule has 5 rings (SSSR count). The van der Waals surface area contributed by atoms with Gasteiger partial charge >= 0.3 is 0 Å². The Bertz CT molecular complexity index is 1280. The van der Waals surface area contributed by atoms with Crippen molar-refractivity contribution < 1.29 is 23.4 Å². The SMILES string of the molecule is C[C@H](N)c1cccc(-c2cc(COc3ccccc3COC=O)cc(N3CCC4(CCOCC4)CC3)c2)c1F. The van der Waals surface area contributed by atoms with Gasteiger partial charge in [-0.05, 0) is 73.4 Å². The van der Waals surface area contributed by atoms with E-state index < -0.39 is 6.04 Å². The molecule has 1 atom stereocenters. The van der Waals surface area contributed by atoms with E-state index >= 15 is 4.39 Å². The van der Waals surface area contributed by atoms with E-state index in [2.05, 4.69) is 17.0 Å². The molecule has 0 amide bonds. The van der Waals surface area contributed by atoms with Crippen LogP contribution in [0.3, 0.4) is 0 Å². The van der Waals surface area contributed by atoms with Crippen LogP contribution in [-0.4, -0.2) is 32.8 Å². The third kappa shape index (κ3) is 6.26. The van der Waals surface area contributed by atoms with E-state index in [1.807, 2.05) is 42.5 Å². The molecule has 206 valence electrons. The maximum atomic E-state index is 15.6. The van der Waals surface area contributed by atoms with Gasteiger partial charge in [-0.15, -0.1) is 0 Å². The molecule has 2 saturated heterocycles. The molecule has 1 spiro atoms. The van der Waals surface area contributed by atoms with Crippen LogP contribution in [0.4, 0.5) is 10.1 Å². The summed E-state index contributed by atoms with van der Waals surface area (Å²) in [4.78, 5) is 13.1. The number of nitrogens with two attached hydrogens (primary N) is 1. The van der Waals surface area contributed by atoms with E-state index in [9.17, 15) is 4.79 Å². The molecule has 6 nitrogen and oxygen atoms in total. The molecule has 3 aromatic carbocycles. The zero-order valence-corrected chi connectivity index (χ0v) is 22.5. The molecule has 0 saturated carbocycles. The van der Waals surface area contributed by atoms with Crippen LogP contribution in [0.1, 0.15) is 55.3 Å². The maximum Gasteiger partial charge on any atom is 0.293 e. The molecule has 7 heteroatoms. The van der Waals surface area contributed by atoms with Crippen molar-refractivity contribution in [2.75, 3.05) is 31.2 Å². The fraction of sp³-hybridized carbons (Fsp3) is 0.406. The first-order valence-corrected chi connectivity index (χ1v) is 13.7. The Morgan fingerprint density at radius 3 is 2.54 bits per heavy atom. The van der Waals surface area contributed by atoms with Gasteiger partial charge in [0.15, 0.2) is 0 Å². The lowest BCUT2D eigenvalue weighted by Crippen LogP contribution is -2.43. The fourth-order valence-electron chi connectivity index (χ4n) is 5.81. The maximum absolute atomic E-state index is 15.6. The number of piperidine rings is 1. The average molecular weight is 533 g/mol. The fourth-order valence-corrected chi connectivity index (χ4v) is 5.81. The smallest absolute Gasteiger partial charge is 0.293 e. The Hall–Kier alpha value is -3.42. The zero-order chi connectivity index (χ0) is 27.2. The van der Waals surface area contributed by atoms with E-state index in [1.54, 1.807) is 13.0 Å². The number of hydrogen-bond acceptors (Lipinski definition) is 6. The second-order valence-electron chi connectivity index (χ2n) is 10.8. The number of para-hydroxylation sites is 1. The minimum atomic E-state index is -0.404. The molecule has 39 heavy (non-hydrogen) atoms. The molecular formula is C32H37FN2O4. The van der Waals surface area contributed by atoms with E-state index in [0.29, 0.717) is 35.4 Å². The number of benzene rings is 3. The normalized spacial score (nSPS) is 17.6. The molecule has 2 aliphatic rings. The molecule has 2 N–H and O–H groups in total. The molecule has 2 heterocycles. The number of halogens is 1. The number of nitrogens with zero attached hydrogens (tertiary/aromatic N) is 1. The average Bonchev–Trinajstić information content (AvgIpc) is 2.96. The first-order chi connectivity index (χ1) is 19.0. The first kappa shape index (κ1) is 27.2. The summed E-state index contributed by atoms with van der Waals surface area (Å²) < 4.78 is 32.4. The quantitative estimate of drug-likeness (QED) is 0.333. The van der Waals surface area contributed by atoms with Gasteiger partial charge in [0, 0.05) is 54.7 Å². The van der Waals surface area contributed by atoms with Gasteiger partial charge in [0.05, 0.1) is 0 Å². The summed E-state index contributed by atoms with van der Waals surface area (Å²) >= 11 is 0. The van der Waals surface area contributed by atoms with Crippen LogP contribution in [0, 0.1) is 11.2 Å². The van der Waals surface area contributed by atoms with Gasteiger partial charge in [0.1, 0.15) is 24.8 Å². The van der Waals surface area contributed by atoms with Crippen LogP contribution in [0.5, 0.6) is 5.75 Å². The topological polar surface area (TPSA) is 74.0 Å². The van der Waals surface area contributed by atoms with E-state index in [-0.39, 0.29) is 12.4 Å². The Labute approximate surface area is 229 Å². The zero-order valence-electron chi connectivity index (χ0n) is 22.5. The van der Waals surface area contributed by atoms with Crippen LogP contribution < -0.4 is 15.4 Å². The van der Waals surface area contributed by atoms with Crippen LogP contribution >= 0.6 is 0 Å². The third-order valence-electron chi connectivity index (χ3n) is 8.22. The highest BCUT2D eigenvalue weighted by atomic mass is 19.1. The largest absolute Gasteiger partial charge is 0.488 e. The Morgan fingerprint density at radius 2 is 1.79 bits per heavy atom. The molecule has 2 aliphatic heterocycles. The van der Waals surface area contributed by atoms with Crippen LogP contribution in [-0.2, 0) is 27.5 Å². The highest BCUT2D eigenvalue weighted by Gasteiger charge is 2.36. The lowest BCUT2D eigenvalue weighted by atomic mass is 9.72. The highest BCUT2D eigenvalue weighted by Crippen LogP contribution is 2.42. The van der Waals surface area contributed by atoms with Crippen molar-refractivity contribution in [2.45, 2.75) is 51.9 Å². The van der Waals surface area contributed by atoms with Gasteiger partial charge in [-0.2, -0.15) is 0 Å². The predicted molar refractivity (Wildman–Crippen MR) is 150 cm³/mol. The van der Waals surface area contributed by atoms with Crippen molar-refractivity contribution in [3.8, 4) is 16.9 Å². The first-order valence-electron chi connectivity index (χ1n) is 13.7. The van der Waals surface area contributed by atoms with Crippen LogP contribution in [0.15, 0.2) is 60.7 Å². The minimum Gasteiger partial charge on any atom is -0.488 e. The van der Waals surface area contributed by atoms with E-state index in [0.717, 1.165) is 74.4 Å². The van der Waals surface area contributed by atoms with Gasteiger partial charge in [-0.25, -0.2) is 4.39 Å². The second-order valence-corrected chi connectivity index (χ2v) is 10.8. The van der Waals surface area contributed by atoms with Crippen molar-refractivity contribution in [2.24, 2.45) is 11.1 Å². The summed E-state index contributed by atoms with van der Waals surface area (Å²) in [6, 6.07) is 18.7. The van der Waals surface area contributed by atoms with Crippen molar-refractivity contribution >= 4 is 12.2 Å². The third-order valence-corrected chi connectivity index (χ3v) is 8.22. The Balaban J connectivity index is 1.44. The van der Waals surface area contributed by atoms with E-state index in [1.165, 1.54) is 0 Å². The number of carbonyl (C=O) groups excluding carboxylic acids is 1. The predicted octanol–water partition coefficient (Wildman–Crippen LogP) is 6.16. The minimum absolute atomic E-state index is 0.140. The molecule has 0 unspecified atom stereocenters. The summed E-state index contributed by atoms with van der Waals surface area (Å²) in [6.07, 6.45) is 4.51. The van der Waals surface area contributed by atoms with Crippen molar-refractivity contribution in [3.63, 3.8) is 0 Å². The summed E-state index contributed by atoms with van der Waals surface area (Å²) in [5, 5.41) is 0. The lowest BCUT2D eigenvalue weighted by Gasteiger charge is -2.45. The van der Waals surface area contributed by atoms with Gasteiger partial charge in [-0.3, -0.25) is 4.79 Å². The molecule has 3 aromatic rings. The summed E-state index contributed by atoms with van der Waals surface area (Å²) in [5.41, 5.74) is 11.1. The molecule has 0 aromatic heterocycles. The standard InChI is InChI=1S/C32H37FN2O4/c1-23(34)28-6-4-7-29(31(28)33)26-17-24(20-39-30-8-3-2-5-25(30)21-38-22-36)18-27(19-26)35-13-9-32(10-14-35)11-15-37-16-12-32/h2-8,17-19,22-23H,9-16,20-21,34H2,1H3/t23-/m0/s1. The number of carbonyl (C=O) groups is 1. The van der Waals surface area contributed by atoms with Crippen molar-refractivity contribution in [1.29, 1.82) is 0 Å². The number of anilines is 1. The monoisotopic (exact) mass is 532 g/mol. The van der Waals surface area contributed by atoms with Crippen molar-refractivity contribution in [3.05, 3.63) is 83.2 Å². The highest BCUT2D eigenvalue weighted by molar-refractivity contribution is 5.71. The summed E-state index contributed by atoms with van der Waals surface area (Å²) in [6.45, 7) is 6.28. The lowest BCUT2D eigenvalue weighted by molar-refractivity contribution is -0.129. The van der Waals surface area contributed by atoms with E-state index in [4.69, 9.17) is 19.9 Å². The van der Waals surface area contributed by atoms with Crippen LogP contribution in [0.2, 0.25) is 0 Å². The van der Waals surface area contributed by atoms with Crippen molar-refractivity contribution in [1.82, 2.24) is 0 Å². The Kier molecular flexibility index (Phi) is 8.48. The summed E-state index contributed by atoms with van der Waals surface area (Å²) in [5.74, 6) is 0.364. The molecule has 0 bridgehead atoms. The molecule has 0 radical (unpaired) electrons. The van der Waals surface area contributed by atoms with Gasteiger partial charge in [0.25, 0.3) is 6.47 Å². The van der Waals surface area contributed by atoms with Gasteiger partial charge in [0.2, 0.25) is 0 Å². The molecular weight excluding hydrogens is 495 g/mol. The van der Waals surface area contributed by atoms with Gasteiger partial charge < -0.3 is 24.8 Å². The Morgan fingerprint density at radius 1 is 1.03 bits per heavy atom. The molecule has 2 fully saturated rings. The second kappa shape index (κ2) is 12.2. The van der Waals surface area contributed by atoms with Crippen LogP contribution in [0.25, 0.3) is 11.1 Å². The number of hydrogen-bond donors (Lipinski definition) is 1. The van der Waals surface area contributed by atoms with Gasteiger partial charge in [-0.1, -0.05) is 36.4 Å². The summed E-state index contributed by atoms with van der Waals surface area (Å²) in [7, 11) is 0. The number of ether oxygens (including phenoxy) is 3.